The normalized spacial score (nSPS) is 19.4. The number of aryl methyl sites for hydroxylation is 1. The number of amides is 2. The van der Waals surface area contributed by atoms with Crippen molar-refractivity contribution in [1.29, 1.82) is 0 Å². The lowest BCUT2D eigenvalue weighted by molar-refractivity contribution is 0.0491. The van der Waals surface area contributed by atoms with Gasteiger partial charge in [-0.2, -0.15) is 9.97 Å². The summed E-state index contributed by atoms with van der Waals surface area (Å²) in [6, 6.07) is 2.27. The number of anilines is 2. The summed E-state index contributed by atoms with van der Waals surface area (Å²) in [6.07, 6.45) is 3.35. The second kappa shape index (κ2) is 11.2. The molecule has 0 spiro atoms. The van der Waals surface area contributed by atoms with Gasteiger partial charge in [-0.05, 0) is 58.6 Å². The van der Waals surface area contributed by atoms with E-state index >= 15 is 4.39 Å². The van der Waals surface area contributed by atoms with Crippen LogP contribution in [-0.4, -0.2) is 74.4 Å². The van der Waals surface area contributed by atoms with Crippen molar-refractivity contribution in [2.24, 2.45) is 5.92 Å². The minimum absolute atomic E-state index is 0.0351. The summed E-state index contributed by atoms with van der Waals surface area (Å²) >= 11 is 5.60. The lowest BCUT2D eigenvalue weighted by Crippen LogP contribution is -2.47. The van der Waals surface area contributed by atoms with E-state index in [2.05, 4.69) is 30.2 Å². The van der Waals surface area contributed by atoms with Crippen molar-refractivity contribution in [3.63, 3.8) is 0 Å². The number of fused-ring (bicyclic) bond motifs is 5. The van der Waals surface area contributed by atoms with Gasteiger partial charge in [-0.3, -0.25) is 4.90 Å². The summed E-state index contributed by atoms with van der Waals surface area (Å²) < 4.78 is 31.5. The maximum Gasteiger partial charge on any atom is 0.415 e. The van der Waals surface area contributed by atoms with Crippen LogP contribution in [0.25, 0.3) is 21.9 Å². The number of aromatic amines is 1. The van der Waals surface area contributed by atoms with Crippen LogP contribution in [0.4, 0.5) is 25.5 Å². The van der Waals surface area contributed by atoms with Crippen molar-refractivity contribution in [2.75, 3.05) is 29.5 Å². The van der Waals surface area contributed by atoms with Crippen molar-refractivity contribution < 1.29 is 28.2 Å². The molecule has 4 heterocycles. The number of ether oxygens (including phenoxy) is 3. The van der Waals surface area contributed by atoms with Crippen LogP contribution in [0.15, 0.2) is 24.5 Å². The van der Waals surface area contributed by atoms with E-state index in [0.29, 0.717) is 52.3 Å². The lowest BCUT2D eigenvalue weighted by Gasteiger charge is -2.33. The molecule has 2 aliphatic rings. The first-order valence-electron chi connectivity index (χ1n) is 14.1. The Bertz CT molecular complexity index is 1740. The standard InChI is InChI=1S/C29H32ClFN8O5/c1-14-32-10-18(11-33-14)43-26-36-24-22(19-7-16(31)8-21(23(19)35-24)38(5)28(41)42-13-30)25(37-26)39-12-15-6-17(39)9-20(15)34-27(40)44-29(2,3)4/h7-8,10-11,15,17,20H,6,9,12-13H2,1-5H3,(H,34,40)(H,35,36,37). The van der Waals surface area contributed by atoms with Gasteiger partial charge in [0.1, 0.15) is 28.7 Å². The molecule has 4 aromatic rings. The number of hydrogen-bond acceptors (Lipinski definition) is 10. The summed E-state index contributed by atoms with van der Waals surface area (Å²) in [4.78, 5) is 49.3. The molecule has 232 valence electrons. The Morgan fingerprint density at radius 3 is 2.61 bits per heavy atom. The molecule has 13 nitrogen and oxygen atoms in total. The fraction of sp³-hybridized carbons (Fsp3) is 0.448. The predicted octanol–water partition coefficient (Wildman–Crippen LogP) is 5.40. The molecule has 44 heavy (non-hydrogen) atoms. The second-order valence-electron chi connectivity index (χ2n) is 12.0. The van der Waals surface area contributed by atoms with Crippen LogP contribution in [0.1, 0.15) is 39.4 Å². The topological polar surface area (TPSA) is 148 Å². The summed E-state index contributed by atoms with van der Waals surface area (Å²) in [5.41, 5.74) is 0.469. The summed E-state index contributed by atoms with van der Waals surface area (Å²) in [5, 5.41) is 4.07. The molecule has 6 rings (SSSR count). The molecule has 1 aliphatic heterocycles. The van der Waals surface area contributed by atoms with Gasteiger partial charge in [0.25, 0.3) is 0 Å². The number of alkyl carbamates (subject to hydrolysis) is 1. The first-order valence-corrected chi connectivity index (χ1v) is 14.7. The van der Waals surface area contributed by atoms with E-state index in [-0.39, 0.29) is 35.8 Å². The number of carbonyl (C=O) groups is 2. The van der Waals surface area contributed by atoms with Crippen molar-refractivity contribution in [3.8, 4) is 11.8 Å². The van der Waals surface area contributed by atoms with E-state index in [1.807, 2.05) is 20.8 Å². The Balaban J connectivity index is 1.41. The average Bonchev–Trinajstić information content (AvgIpc) is 3.65. The van der Waals surface area contributed by atoms with Crippen LogP contribution in [0, 0.1) is 18.7 Å². The number of piperidine rings is 1. The quantitative estimate of drug-likeness (QED) is 0.266. The number of benzene rings is 1. The Morgan fingerprint density at radius 1 is 1.20 bits per heavy atom. The third-order valence-electron chi connectivity index (χ3n) is 7.76. The van der Waals surface area contributed by atoms with Gasteiger partial charge in [0, 0.05) is 31.1 Å². The van der Waals surface area contributed by atoms with Crippen molar-refractivity contribution in [1.82, 2.24) is 30.2 Å². The SMILES string of the molecule is Cc1ncc(Oc2nc(N3CC4CC3CC4NC(=O)OC(C)(C)C)c3c(n2)[nH]c2c(N(C)C(=O)OCCl)cc(F)cc23)cn1. The van der Waals surface area contributed by atoms with Gasteiger partial charge in [0.2, 0.25) is 0 Å². The number of carbonyl (C=O) groups excluding carboxylic acids is 2. The highest BCUT2D eigenvalue weighted by molar-refractivity contribution is 6.18. The fourth-order valence-electron chi connectivity index (χ4n) is 5.95. The van der Waals surface area contributed by atoms with E-state index in [4.69, 9.17) is 30.8 Å². The highest BCUT2D eigenvalue weighted by Gasteiger charge is 2.47. The zero-order valence-electron chi connectivity index (χ0n) is 24.9. The number of H-pyrrole nitrogens is 1. The van der Waals surface area contributed by atoms with Gasteiger partial charge in [-0.1, -0.05) is 11.6 Å². The molecule has 1 saturated carbocycles. The molecule has 1 aromatic carbocycles. The van der Waals surface area contributed by atoms with E-state index < -0.39 is 23.6 Å². The van der Waals surface area contributed by atoms with Crippen molar-refractivity contribution in [3.05, 3.63) is 36.2 Å². The molecule has 2 amide bonds. The third kappa shape index (κ3) is 5.73. The number of halogens is 2. The van der Waals surface area contributed by atoms with E-state index in [1.54, 1.807) is 6.92 Å². The number of rotatable bonds is 6. The van der Waals surface area contributed by atoms with E-state index in [0.717, 1.165) is 6.42 Å². The van der Waals surface area contributed by atoms with Gasteiger partial charge < -0.3 is 29.4 Å². The van der Waals surface area contributed by atoms with Gasteiger partial charge in [-0.15, -0.1) is 0 Å². The first kappa shape index (κ1) is 29.6. The molecule has 2 fully saturated rings. The molecule has 3 aromatic heterocycles. The lowest BCUT2D eigenvalue weighted by atomic mass is 10.0. The van der Waals surface area contributed by atoms with Crippen LogP contribution in [0.2, 0.25) is 0 Å². The Labute approximate surface area is 257 Å². The third-order valence-corrected chi connectivity index (χ3v) is 7.87. The molecular weight excluding hydrogens is 595 g/mol. The first-order chi connectivity index (χ1) is 20.9. The van der Waals surface area contributed by atoms with E-state index in [9.17, 15) is 9.59 Å². The fourth-order valence-corrected chi connectivity index (χ4v) is 6.05. The smallest absolute Gasteiger partial charge is 0.415 e. The maximum absolute atomic E-state index is 15.1. The van der Waals surface area contributed by atoms with Crippen LogP contribution in [-0.2, 0) is 9.47 Å². The zero-order valence-corrected chi connectivity index (χ0v) is 25.6. The summed E-state index contributed by atoms with van der Waals surface area (Å²) in [7, 11) is 1.46. The average molecular weight is 627 g/mol. The minimum Gasteiger partial charge on any atom is -0.444 e. The van der Waals surface area contributed by atoms with Crippen molar-refractivity contribution in [2.45, 2.75) is 58.2 Å². The predicted molar refractivity (Wildman–Crippen MR) is 161 cm³/mol. The largest absolute Gasteiger partial charge is 0.444 e. The molecular formula is C29H32ClFN8O5. The Kier molecular flexibility index (Phi) is 7.56. The number of alkyl halides is 1. The van der Waals surface area contributed by atoms with Gasteiger partial charge in [0.05, 0.1) is 29.0 Å². The molecule has 1 aliphatic carbocycles. The highest BCUT2D eigenvalue weighted by atomic mass is 35.5. The van der Waals surface area contributed by atoms with Gasteiger partial charge >= 0.3 is 18.2 Å². The molecule has 1 saturated heterocycles. The molecule has 15 heteroatoms. The Morgan fingerprint density at radius 2 is 1.95 bits per heavy atom. The Hall–Kier alpha value is -4.46. The minimum atomic E-state index is -0.749. The van der Waals surface area contributed by atoms with Gasteiger partial charge in [-0.25, -0.2) is 23.9 Å². The van der Waals surface area contributed by atoms with Gasteiger partial charge in [0.15, 0.2) is 11.8 Å². The zero-order chi connectivity index (χ0) is 31.3. The summed E-state index contributed by atoms with van der Waals surface area (Å²) in [6.45, 7) is 7.82. The van der Waals surface area contributed by atoms with E-state index in [1.165, 1.54) is 36.5 Å². The van der Waals surface area contributed by atoms with Crippen LogP contribution in [0.3, 0.4) is 0 Å². The molecule has 2 bridgehead atoms. The number of nitrogens with one attached hydrogen (secondary N) is 2. The maximum atomic E-state index is 15.1. The molecule has 3 atom stereocenters. The second-order valence-corrected chi connectivity index (χ2v) is 12.2. The molecule has 2 N–H and O–H groups in total. The van der Waals surface area contributed by atoms with Crippen LogP contribution in [0.5, 0.6) is 11.8 Å². The monoisotopic (exact) mass is 626 g/mol. The number of aromatic nitrogens is 5. The van der Waals surface area contributed by atoms with Crippen LogP contribution >= 0.6 is 11.6 Å². The van der Waals surface area contributed by atoms with Crippen molar-refractivity contribution >= 4 is 57.2 Å². The van der Waals surface area contributed by atoms with Crippen LogP contribution < -0.4 is 19.9 Å². The highest BCUT2D eigenvalue weighted by Crippen LogP contribution is 2.45. The number of nitrogens with zero attached hydrogens (tertiary/aromatic N) is 6. The molecule has 0 radical (unpaired) electrons. The number of hydrogen-bond donors (Lipinski definition) is 2. The molecule has 3 unspecified atom stereocenters. The summed E-state index contributed by atoms with van der Waals surface area (Å²) in [5.74, 6) is 1.04.